The van der Waals surface area contributed by atoms with Gasteiger partial charge in [0.15, 0.2) is 0 Å². The SMILES string of the molecule is CNC(=O)c1cc2c(nc1N(C)C)CCN(C(=O)NC)CC2. The van der Waals surface area contributed by atoms with Crippen LogP contribution in [0.2, 0.25) is 0 Å². The van der Waals surface area contributed by atoms with E-state index in [1.165, 1.54) is 0 Å². The lowest BCUT2D eigenvalue weighted by atomic mass is 10.0. The van der Waals surface area contributed by atoms with E-state index in [0.29, 0.717) is 37.3 Å². The largest absolute Gasteiger partial charge is 0.362 e. The van der Waals surface area contributed by atoms with Gasteiger partial charge in [-0.3, -0.25) is 4.79 Å². The van der Waals surface area contributed by atoms with Crippen LogP contribution in [0, 0.1) is 0 Å². The van der Waals surface area contributed by atoms with Crippen LogP contribution in [0.15, 0.2) is 6.07 Å². The maximum Gasteiger partial charge on any atom is 0.317 e. The number of hydrogen-bond acceptors (Lipinski definition) is 4. The van der Waals surface area contributed by atoms with Crippen LogP contribution in [0.3, 0.4) is 0 Å². The summed E-state index contributed by atoms with van der Waals surface area (Å²) >= 11 is 0. The van der Waals surface area contributed by atoms with Crippen molar-refractivity contribution >= 4 is 17.8 Å². The zero-order chi connectivity index (χ0) is 16.3. The zero-order valence-electron chi connectivity index (χ0n) is 13.6. The summed E-state index contributed by atoms with van der Waals surface area (Å²) in [6, 6.07) is 1.83. The predicted octanol–water partition coefficient (Wildman–Crippen LogP) is 0.247. The fourth-order valence-corrected chi connectivity index (χ4v) is 2.63. The van der Waals surface area contributed by atoms with Crippen LogP contribution in [-0.4, -0.2) is 63.1 Å². The molecule has 0 fully saturated rings. The average molecular weight is 305 g/mol. The molecule has 7 heteroatoms. The van der Waals surface area contributed by atoms with Crippen LogP contribution < -0.4 is 15.5 Å². The van der Waals surface area contributed by atoms with Gasteiger partial charge in [-0.2, -0.15) is 0 Å². The number of anilines is 1. The van der Waals surface area contributed by atoms with E-state index in [1.807, 2.05) is 25.1 Å². The Balaban J connectivity index is 2.37. The standard InChI is InChI=1S/C15H23N5O2/c1-16-14(21)11-9-10-5-7-20(15(22)17-2)8-6-12(10)18-13(11)19(3)4/h9H,5-8H2,1-4H3,(H,16,21)(H,17,22). The Morgan fingerprint density at radius 2 is 1.86 bits per heavy atom. The minimum absolute atomic E-state index is 0.0767. The summed E-state index contributed by atoms with van der Waals surface area (Å²) in [6.07, 6.45) is 1.39. The Bertz CT molecular complexity index is 586. The molecule has 3 amide bonds. The number of nitrogens with zero attached hydrogens (tertiary/aromatic N) is 3. The van der Waals surface area contributed by atoms with Gasteiger partial charge in [0.1, 0.15) is 5.82 Å². The van der Waals surface area contributed by atoms with Crippen LogP contribution >= 0.6 is 0 Å². The molecule has 22 heavy (non-hydrogen) atoms. The fraction of sp³-hybridized carbons (Fsp3) is 0.533. The van der Waals surface area contributed by atoms with Crippen LogP contribution in [0.1, 0.15) is 21.6 Å². The number of fused-ring (bicyclic) bond motifs is 1. The van der Waals surface area contributed by atoms with Gasteiger partial charge in [0, 0.05) is 53.4 Å². The molecule has 0 saturated carbocycles. The first-order chi connectivity index (χ1) is 10.5. The van der Waals surface area contributed by atoms with E-state index in [2.05, 4.69) is 15.6 Å². The van der Waals surface area contributed by atoms with Crippen molar-refractivity contribution < 1.29 is 9.59 Å². The van der Waals surface area contributed by atoms with Gasteiger partial charge in [-0.25, -0.2) is 9.78 Å². The summed E-state index contributed by atoms with van der Waals surface area (Å²) in [5, 5.41) is 5.31. The lowest BCUT2D eigenvalue weighted by Gasteiger charge is -2.19. The highest BCUT2D eigenvalue weighted by Crippen LogP contribution is 2.23. The van der Waals surface area contributed by atoms with E-state index in [0.717, 1.165) is 11.3 Å². The van der Waals surface area contributed by atoms with E-state index < -0.39 is 0 Å². The molecule has 0 atom stereocenters. The Morgan fingerprint density at radius 3 is 2.45 bits per heavy atom. The van der Waals surface area contributed by atoms with Crippen molar-refractivity contribution in [2.24, 2.45) is 0 Å². The second-order valence-corrected chi connectivity index (χ2v) is 5.48. The van der Waals surface area contributed by atoms with Crippen molar-refractivity contribution in [1.29, 1.82) is 0 Å². The number of pyridine rings is 1. The predicted molar refractivity (Wildman–Crippen MR) is 85.4 cm³/mol. The molecule has 0 spiro atoms. The number of urea groups is 1. The van der Waals surface area contributed by atoms with Crippen molar-refractivity contribution in [1.82, 2.24) is 20.5 Å². The van der Waals surface area contributed by atoms with E-state index in [9.17, 15) is 9.59 Å². The highest BCUT2D eigenvalue weighted by Gasteiger charge is 2.22. The quantitative estimate of drug-likeness (QED) is 0.821. The van der Waals surface area contributed by atoms with Gasteiger partial charge in [0.05, 0.1) is 5.56 Å². The summed E-state index contributed by atoms with van der Waals surface area (Å²) < 4.78 is 0. The first kappa shape index (κ1) is 16.1. The molecular formula is C15H23N5O2. The van der Waals surface area contributed by atoms with Gasteiger partial charge in [0.25, 0.3) is 5.91 Å². The molecule has 2 heterocycles. The molecule has 0 radical (unpaired) electrons. The van der Waals surface area contributed by atoms with Crippen molar-refractivity contribution in [2.75, 3.05) is 46.2 Å². The average Bonchev–Trinajstić information content (AvgIpc) is 2.74. The summed E-state index contributed by atoms with van der Waals surface area (Å²) in [5.74, 6) is 0.512. The van der Waals surface area contributed by atoms with Gasteiger partial charge in [-0.1, -0.05) is 0 Å². The Hall–Kier alpha value is -2.31. The third-order valence-corrected chi connectivity index (χ3v) is 3.84. The van der Waals surface area contributed by atoms with Crippen LogP contribution in [0.5, 0.6) is 0 Å². The molecule has 0 unspecified atom stereocenters. The molecule has 120 valence electrons. The Labute approximate surface area is 130 Å². The third-order valence-electron chi connectivity index (χ3n) is 3.84. The highest BCUT2D eigenvalue weighted by molar-refractivity contribution is 5.99. The van der Waals surface area contributed by atoms with Crippen molar-refractivity contribution in [2.45, 2.75) is 12.8 Å². The van der Waals surface area contributed by atoms with Crippen molar-refractivity contribution in [3.05, 3.63) is 22.9 Å². The van der Waals surface area contributed by atoms with Gasteiger partial charge in [-0.05, 0) is 18.1 Å². The van der Waals surface area contributed by atoms with E-state index in [4.69, 9.17) is 0 Å². The molecule has 0 aliphatic carbocycles. The maximum absolute atomic E-state index is 12.1. The third kappa shape index (κ3) is 3.13. The number of rotatable bonds is 2. The van der Waals surface area contributed by atoms with Crippen molar-refractivity contribution in [3.63, 3.8) is 0 Å². The van der Waals surface area contributed by atoms with E-state index in [1.54, 1.807) is 19.0 Å². The number of hydrogen-bond donors (Lipinski definition) is 2. The maximum atomic E-state index is 12.1. The van der Waals surface area contributed by atoms with E-state index >= 15 is 0 Å². The van der Waals surface area contributed by atoms with Crippen molar-refractivity contribution in [3.8, 4) is 0 Å². The molecule has 1 aliphatic rings. The number of amides is 3. The van der Waals surface area contributed by atoms with Crippen LogP contribution in [0.25, 0.3) is 0 Å². The lowest BCUT2D eigenvalue weighted by molar-refractivity contribution is 0.0963. The molecule has 0 aromatic carbocycles. The van der Waals surface area contributed by atoms with Gasteiger partial charge >= 0.3 is 6.03 Å². The number of aromatic nitrogens is 1. The van der Waals surface area contributed by atoms with Gasteiger partial charge < -0.3 is 20.4 Å². The molecule has 7 nitrogen and oxygen atoms in total. The normalized spacial score (nSPS) is 13.9. The Morgan fingerprint density at radius 1 is 1.18 bits per heavy atom. The number of carbonyl (C=O) groups is 2. The summed E-state index contributed by atoms with van der Waals surface area (Å²) in [4.78, 5) is 32.1. The van der Waals surface area contributed by atoms with E-state index in [-0.39, 0.29) is 11.9 Å². The summed E-state index contributed by atoms with van der Waals surface area (Å²) in [5.41, 5.74) is 2.57. The smallest absolute Gasteiger partial charge is 0.317 e. The minimum atomic E-state index is -0.147. The molecule has 0 bridgehead atoms. The molecule has 2 rings (SSSR count). The van der Waals surface area contributed by atoms with Crippen LogP contribution in [-0.2, 0) is 12.8 Å². The molecule has 2 N–H and O–H groups in total. The molecule has 1 aliphatic heterocycles. The molecule has 1 aromatic rings. The van der Waals surface area contributed by atoms with Gasteiger partial charge in [-0.15, -0.1) is 0 Å². The molecule has 1 aromatic heterocycles. The molecule has 0 saturated heterocycles. The Kier molecular flexibility index (Phi) is 4.85. The number of carbonyl (C=O) groups excluding carboxylic acids is 2. The summed E-state index contributed by atoms with van der Waals surface area (Å²) in [6.45, 7) is 1.26. The van der Waals surface area contributed by atoms with Gasteiger partial charge in [0.2, 0.25) is 0 Å². The highest BCUT2D eigenvalue weighted by atomic mass is 16.2. The second-order valence-electron chi connectivity index (χ2n) is 5.48. The first-order valence-electron chi connectivity index (χ1n) is 7.36. The monoisotopic (exact) mass is 305 g/mol. The second kappa shape index (κ2) is 6.64. The minimum Gasteiger partial charge on any atom is -0.362 e. The first-order valence-corrected chi connectivity index (χ1v) is 7.36. The zero-order valence-corrected chi connectivity index (χ0v) is 13.6. The number of nitrogens with one attached hydrogen (secondary N) is 2. The van der Waals surface area contributed by atoms with Crippen LogP contribution in [0.4, 0.5) is 10.6 Å². The topological polar surface area (TPSA) is 77.6 Å². The molecular weight excluding hydrogens is 282 g/mol. The fourth-order valence-electron chi connectivity index (χ4n) is 2.63. The lowest BCUT2D eigenvalue weighted by Crippen LogP contribution is -2.39. The summed E-state index contributed by atoms with van der Waals surface area (Å²) in [7, 11) is 6.98.